The number of fused-ring (bicyclic) bond motifs is 2. The molecule has 6 rings (SSSR count). The fraction of sp³-hybridized carbons (Fsp3) is 0.0857. The summed E-state index contributed by atoms with van der Waals surface area (Å²) in [5.41, 5.74) is -5.13. The Bertz CT molecular complexity index is 2580. The third kappa shape index (κ3) is 6.31. The molecule has 0 unspecified atom stereocenters. The Hall–Kier alpha value is -6.32. The maximum absolute atomic E-state index is 14.3. The number of nitrogens with zero attached hydrogens (tertiary/aromatic N) is 2. The number of aryl methyl sites for hydroxylation is 2. The van der Waals surface area contributed by atoms with Crippen LogP contribution < -0.4 is 10.9 Å². The molecular weight excluding hydrogens is 696 g/mol. The van der Waals surface area contributed by atoms with Gasteiger partial charge in [-0.2, -0.15) is 0 Å². The Kier molecular flexibility index (Phi) is 9.54. The Balaban J connectivity index is 0.000000198. The fourth-order valence-corrected chi connectivity index (χ4v) is 5.50. The predicted molar refractivity (Wildman–Crippen MR) is 167 cm³/mol. The van der Waals surface area contributed by atoms with E-state index in [1.165, 1.54) is 13.8 Å². The fourth-order valence-electron chi connectivity index (χ4n) is 5.50. The maximum atomic E-state index is 14.3. The molecule has 0 spiro atoms. The van der Waals surface area contributed by atoms with Gasteiger partial charge in [0.25, 0.3) is 0 Å². The van der Waals surface area contributed by atoms with E-state index in [1.807, 2.05) is 0 Å². The maximum Gasteiger partial charge on any atom is 0.341 e. The van der Waals surface area contributed by atoms with E-state index >= 15 is 0 Å². The lowest BCUT2D eigenvalue weighted by Gasteiger charge is -2.17. The van der Waals surface area contributed by atoms with Gasteiger partial charge in [0.15, 0.2) is 23.3 Å². The highest BCUT2D eigenvalue weighted by atomic mass is 19.2. The van der Waals surface area contributed by atoms with Crippen LogP contribution >= 0.6 is 0 Å². The van der Waals surface area contributed by atoms with Crippen molar-refractivity contribution in [2.45, 2.75) is 20.3 Å². The van der Waals surface area contributed by atoms with Crippen LogP contribution in [-0.4, -0.2) is 31.3 Å². The topological polar surface area (TPSA) is 119 Å². The van der Waals surface area contributed by atoms with Gasteiger partial charge in [-0.25, -0.2) is 44.7 Å². The zero-order chi connectivity index (χ0) is 37.6. The molecule has 0 amide bonds. The van der Waals surface area contributed by atoms with Gasteiger partial charge in [-0.05, 0) is 49.7 Å². The van der Waals surface area contributed by atoms with Crippen LogP contribution in [-0.2, 0) is 6.42 Å². The van der Waals surface area contributed by atoms with E-state index in [1.54, 1.807) is 0 Å². The van der Waals surface area contributed by atoms with Crippen LogP contribution in [0.25, 0.3) is 33.2 Å². The quantitative estimate of drug-likeness (QED) is 0.180. The highest BCUT2D eigenvalue weighted by Gasteiger charge is 2.24. The summed E-state index contributed by atoms with van der Waals surface area (Å²) in [5, 5.41) is 17.6. The predicted octanol–water partition coefficient (Wildman–Crippen LogP) is 7.36. The summed E-state index contributed by atoms with van der Waals surface area (Å²) in [7, 11) is 0. The SMILES string of the molecule is CCc1c(F)c(F)cc2c(=O)c(C(=O)O)cn(-c3ccc(F)cc3F)c12.Cc1c(F)c(F)cc2c(=O)c(C(=O)O)cn(-c3ccc(F)cc3F)c12. The van der Waals surface area contributed by atoms with Crippen molar-refractivity contribution in [3.05, 3.63) is 150 Å². The highest BCUT2D eigenvalue weighted by Crippen LogP contribution is 2.29. The number of halogens is 8. The Labute approximate surface area is 279 Å². The average Bonchev–Trinajstić information content (AvgIpc) is 3.06. The van der Waals surface area contributed by atoms with Crippen LogP contribution in [0.15, 0.2) is 70.5 Å². The summed E-state index contributed by atoms with van der Waals surface area (Å²) in [6, 6.07) is 6.11. The number of hydrogen-bond acceptors (Lipinski definition) is 4. The first-order valence-electron chi connectivity index (χ1n) is 14.5. The number of carboxylic acid groups (broad SMARTS) is 2. The summed E-state index contributed by atoms with van der Waals surface area (Å²) in [5.74, 6) is -12.2. The lowest BCUT2D eigenvalue weighted by molar-refractivity contribution is 0.0684. The minimum atomic E-state index is -1.62. The number of benzene rings is 4. The van der Waals surface area contributed by atoms with Crippen molar-refractivity contribution >= 4 is 33.7 Å². The molecule has 0 aliphatic rings. The standard InChI is InChI=1S/C18H11F4NO3.C17H9F4NO3/c1-2-9-15(22)13(21)6-10-16(9)23(7-11(17(10)24)18(25)26)14-4-3-8(19)5-12(14)20;1-7-14(21)12(20)5-9-15(7)22(6-10(16(9)23)17(24)25)13-3-2-8(18)4-11(13)19/h3-7H,2H2,1H3,(H,25,26);2-6H,1H3,(H,24,25). The van der Waals surface area contributed by atoms with Gasteiger partial charge < -0.3 is 19.3 Å². The summed E-state index contributed by atoms with van der Waals surface area (Å²) in [4.78, 5) is 47.3. The number of pyridine rings is 2. The van der Waals surface area contributed by atoms with Gasteiger partial charge in [0.05, 0.1) is 33.2 Å². The van der Waals surface area contributed by atoms with E-state index in [9.17, 15) is 59.4 Å². The molecule has 2 N–H and O–H groups in total. The highest BCUT2D eigenvalue weighted by molar-refractivity contribution is 5.95. The number of carbonyl (C=O) groups is 2. The zero-order valence-electron chi connectivity index (χ0n) is 25.9. The average molecular weight is 717 g/mol. The summed E-state index contributed by atoms with van der Waals surface area (Å²) < 4.78 is 112. The molecule has 0 saturated heterocycles. The lowest BCUT2D eigenvalue weighted by Crippen LogP contribution is -2.20. The first-order valence-corrected chi connectivity index (χ1v) is 14.5. The van der Waals surface area contributed by atoms with E-state index in [0.29, 0.717) is 24.3 Å². The van der Waals surface area contributed by atoms with Crippen LogP contribution in [0.1, 0.15) is 38.8 Å². The Morgan fingerprint density at radius 2 is 1.02 bits per heavy atom. The van der Waals surface area contributed by atoms with Gasteiger partial charge in [0.2, 0.25) is 10.9 Å². The third-order valence-corrected chi connectivity index (χ3v) is 7.84. The lowest BCUT2D eigenvalue weighted by atomic mass is 10.0. The normalized spacial score (nSPS) is 11.1. The van der Waals surface area contributed by atoms with E-state index in [4.69, 9.17) is 5.11 Å². The van der Waals surface area contributed by atoms with Crippen molar-refractivity contribution in [2.24, 2.45) is 0 Å². The van der Waals surface area contributed by atoms with Crippen molar-refractivity contribution in [1.82, 2.24) is 9.13 Å². The molecule has 8 nitrogen and oxygen atoms in total. The molecule has 262 valence electrons. The molecule has 0 fully saturated rings. The van der Waals surface area contributed by atoms with Crippen LogP contribution in [0.4, 0.5) is 35.1 Å². The molecule has 4 aromatic carbocycles. The van der Waals surface area contributed by atoms with Crippen molar-refractivity contribution in [3.8, 4) is 11.4 Å². The summed E-state index contributed by atoms with van der Waals surface area (Å²) in [6.07, 6.45) is 1.57. The molecular formula is C35H20F8N2O6. The summed E-state index contributed by atoms with van der Waals surface area (Å²) in [6.45, 7) is 2.66. The molecule has 16 heteroatoms. The smallest absolute Gasteiger partial charge is 0.341 e. The molecule has 0 atom stereocenters. The second-order valence-electron chi connectivity index (χ2n) is 10.9. The number of rotatable bonds is 5. The van der Waals surface area contributed by atoms with Gasteiger partial charge in [-0.1, -0.05) is 6.92 Å². The van der Waals surface area contributed by atoms with E-state index in [-0.39, 0.29) is 40.0 Å². The minimum absolute atomic E-state index is 0.0469. The number of hydrogen-bond donors (Lipinski definition) is 2. The third-order valence-electron chi connectivity index (χ3n) is 7.84. The van der Waals surface area contributed by atoms with Crippen molar-refractivity contribution in [1.29, 1.82) is 0 Å². The largest absolute Gasteiger partial charge is 0.477 e. The molecule has 0 aliphatic heterocycles. The first-order chi connectivity index (χ1) is 24.0. The second kappa shape index (κ2) is 13.5. The van der Waals surface area contributed by atoms with Crippen LogP contribution in [0, 0.1) is 53.5 Å². The molecule has 6 aromatic rings. The molecule has 0 bridgehead atoms. The number of carboxylic acids is 2. The monoisotopic (exact) mass is 716 g/mol. The number of aromatic carboxylic acids is 2. The molecule has 0 aliphatic carbocycles. The van der Waals surface area contributed by atoms with Gasteiger partial charge in [0.1, 0.15) is 34.4 Å². The molecule has 0 radical (unpaired) electrons. The van der Waals surface area contributed by atoms with Gasteiger partial charge in [-0.3, -0.25) is 9.59 Å². The Morgan fingerprint density at radius 1 is 0.608 bits per heavy atom. The van der Waals surface area contributed by atoms with Crippen LogP contribution in [0.2, 0.25) is 0 Å². The van der Waals surface area contributed by atoms with Crippen molar-refractivity contribution in [2.75, 3.05) is 0 Å². The zero-order valence-corrected chi connectivity index (χ0v) is 25.9. The van der Waals surface area contributed by atoms with E-state index in [2.05, 4.69) is 0 Å². The summed E-state index contributed by atoms with van der Waals surface area (Å²) >= 11 is 0. The first kappa shape index (κ1) is 36.0. The molecule has 2 aromatic heterocycles. The van der Waals surface area contributed by atoms with Gasteiger partial charge in [0, 0.05) is 35.7 Å². The van der Waals surface area contributed by atoms with Gasteiger partial charge >= 0.3 is 11.9 Å². The molecule has 51 heavy (non-hydrogen) atoms. The number of aromatic nitrogens is 2. The van der Waals surface area contributed by atoms with Gasteiger partial charge in [-0.15, -0.1) is 0 Å². The van der Waals surface area contributed by atoms with Crippen molar-refractivity contribution in [3.63, 3.8) is 0 Å². The molecule has 2 heterocycles. The van der Waals surface area contributed by atoms with E-state index < -0.39 is 91.2 Å². The minimum Gasteiger partial charge on any atom is -0.477 e. The Morgan fingerprint density at radius 3 is 1.43 bits per heavy atom. The molecule has 0 saturated carbocycles. The van der Waals surface area contributed by atoms with Crippen molar-refractivity contribution < 1.29 is 54.9 Å². The van der Waals surface area contributed by atoms with Crippen LogP contribution in [0.3, 0.4) is 0 Å². The van der Waals surface area contributed by atoms with E-state index in [0.717, 1.165) is 45.8 Å². The second-order valence-corrected chi connectivity index (χ2v) is 10.9. The van der Waals surface area contributed by atoms with Crippen LogP contribution in [0.5, 0.6) is 0 Å².